The van der Waals surface area contributed by atoms with Gasteiger partial charge in [0.25, 0.3) is 0 Å². The van der Waals surface area contributed by atoms with Crippen molar-refractivity contribution in [2.75, 3.05) is 13.2 Å². The zero-order valence-electron chi connectivity index (χ0n) is 12.5. The van der Waals surface area contributed by atoms with Crippen molar-refractivity contribution in [3.63, 3.8) is 0 Å². The van der Waals surface area contributed by atoms with Crippen LogP contribution in [0.3, 0.4) is 0 Å². The van der Waals surface area contributed by atoms with Crippen molar-refractivity contribution >= 4 is 39.1 Å². The smallest absolute Gasteiger partial charge is 0.234 e. The number of halogens is 1. The quantitative estimate of drug-likeness (QED) is 0.579. The fourth-order valence-corrected chi connectivity index (χ4v) is 4.65. The number of likely N-dealkylation sites (tertiary alicyclic amines) is 1. The Morgan fingerprint density at radius 1 is 1.23 bits per heavy atom. The molecule has 2 aliphatic rings. The van der Waals surface area contributed by atoms with Crippen LogP contribution < -0.4 is 0 Å². The number of fused-ring (bicyclic) bond motifs is 1. The third-order valence-corrected chi connectivity index (χ3v) is 6.00. The average Bonchev–Trinajstić information content (AvgIpc) is 3.04. The lowest BCUT2D eigenvalue weighted by Crippen LogP contribution is -2.41. The van der Waals surface area contributed by atoms with Crippen molar-refractivity contribution in [3.8, 4) is 0 Å². The minimum atomic E-state index is -0.132. The number of nitrogens with zero attached hydrogens (tertiary/aromatic N) is 2. The minimum Gasteiger partial charge on any atom is -0.281 e. The molecule has 4 nitrogen and oxygen atoms in total. The van der Waals surface area contributed by atoms with Gasteiger partial charge in [0.2, 0.25) is 11.8 Å². The molecule has 1 fully saturated rings. The first-order valence-corrected chi connectivity index (χ1v) is 9.18. The van der Waals surface area contributed by atoms with Crippen molar-refractivity contribution in [2.24, 2.45) is 11.8 Å². The van der Waals surface area contributed by atoms with Gasteiger partial charge in [-0.3, -0.25) is 19.4 Å². The van der Waals surface area contributed by atoms with Crippen molar-refractivity contribution in [1.82, 2.24) is 9.80 Å². The summed E-state index contributed by atoms with van der Waals surface area (Å²) in [6, 6.07) is 4.11. The molecule has 6 heteroatoms. The molecule has 3 rings (SSSR count). The van der Waals surface area contributed by atoms with Gasteiger partial charge in [-0.05, 0) is 47.4 Å². The Balaban J connectivity index is 1.68. The third-order valence-electron chi connectivity index (χ3n) is 4.40. The van der Waals surface area contributed by atoms with Gasteiger partial charge in [-0.25, -0.2) is 0 Å². The van der Waals surface area contributed by atoms with Crippen LogP contribution in [0.1, 0.15) is 24.6 Å². The summed E-state index contributed by atoms with van der Waals surface area (Å²) >= 11 is 5.15. The summed E-state index contributed by atoms with van der Waals surface area (Å²) in [5, 5.41) is 0. The molecule has 0 bridgehead atoms. The van der Waals surface area contributed by atoms with Gasteiger partial charge in [-0.15, -0.1) is 11.3 Å². The molecule has 2 heterocycles. The van der Waals surface area contributed by atoms with Crippen molar-refractivity contribution < 1.29 is 9.59 Å². The first kappa shape index (κ1) is 15.9. The molecule has 22 heavy (non-hydrogen) atoms. The molecular weight excluding hydrogens is 364 g/mol. The highest BCUT2D eigenvalue weighted by Crippen LogP contribution is 2.35. The van der Waals surface area contributed by atoms with Crippen LogP contribution in [0, 0.1) is 11.8 Å². The Bertz CT molecular complexity index is 587. The summed E-state index contributed by atoms with van der Waals surface area (Å²) in [7, 11) is 0. The second kappa shape index (κ2) is 6.64. The molecule has 2 unspecified atom stereocenters. The molecule has 0 aromatic carbocycles. The van der Waals surface area contributed by atoms with Crippen LogP contribution in [0.2, 0.25) is 0 Å². The van der Waals surface area contributed by atoms with Crippen molar-refractivity contribution in [1.29, 1.82) is 0 Å². The summed E-state index contributed by atoms with van der Waals surface area (Å²) in [6.07, 6.45) is 5.46. The molecular formula is C16H19BrN2O2S. The van der Waals surface area contributed by atoms with E-state index >= 15 is 0 Å². The monoisotopic (exact) mass is 382 g/mol. The predicted molar refractivity (Wildman–Crippen MR) is 90.2 cm³/mol. The van der Waals surface area contributed by atoms with E-state index in [-0.39, 0.29) is 23.7 Å². The van der Waals surface area contributed by atoms with E-state index in [9.17, 15) is 9.59 Å². The molecule has 2 atom stereocenters. The molecule has 2 amide bonds. The molecule has 1 saturated heterocycles. The molecule has 1 aliphatic heterocycles. The van der Waals surface area contributed by atoms with Gasteiger partial charge < -0.3 is 0 Å². The standard InChI is InChI=1S/C16H19BrN2O2S/c1-2-18(9-11-7-8-14(17)22-11)10-19-15(20)12-5-3-4-6-13(12)16(19)21/h3-4,7-8,12-13H,2,5-6,9-10H2,1H3. The molecule has 1 aromatic rings. The summed E-state index contributed by atoms with van der Waals surface area (Å²) in [5.74, 6) is -0.255. The van der Waals surface area contributed by atoms with E-state index in [1.165, 1.54) is 9.78 Å². The summed E-state index contributed by atoms with van der Waals surface area (Å²) in [5.41, 5.74) is 0. The van der Waals surface area contributed by atoms with Crippen LogP contribution in [0.5, 0.6) is 0 Å². The normalized spacial score (nSPS) is 24.4. The van der Waals surface area contributed by atoms with E-state index < -0.39 is 0 Å². The molecule has 0 saturated carbocycles. The fraction of sp³-hybridized carbons (Fsp3) is 0.500. The molecule has 118 valence electrons. The Hall–Kier alpha value is -0.980. The maximum absolute atomic E-state index is 12.5. The first-order valence-electron chi connectivity index (χ1n) is 7.57. The van der Waals surface area contributed by atoms with Crippen LogP contribution in [-0.4, -0.2) is 34.8 Å². The number of rotatable bonds is 5. The Morgan fingerprint density at radius 2 is 1.86 bits per heavy atom. The Kier molecular flexibility index (Phi) is 4.80. The number of imide groups is 1. The number of carbonyl (C=O) groups excluding carboxylic acids is 2. The van der Waals surface area contributed by atoms with E-state index in [1.807, 2.05) is 18.2 Å². The van der Waals surface area contributed by atoms with Gasteiger partial charge in [0, 0.05) is 11.4 Å². The maximum atomic E-state index is 12.5. The highest BCUT2D eigenvalue weighted by atomic mass is 79.9. The largest absolute Gasteiger partial charge is 0.281 e. The molecule has 1 aromatic heterocycles. The molecule has 0 N–H and O–H groups in total. The van der Waals surface area contributed by atoms with E-state index in [4.69, 9.17) is 0 Å². The SMILES string of the molecule is CCN(Cc1ccc(Br)s1)CN1C(=O)C2CC=CCC2C1=O. The molecule has 0 spiro atoms. The third kappa shape index (κ3) is 3.05. The van der Waals surface area contributed by atoms with Crippen molar-refractivity contribution in [3.05, 3.63) is 32.9 Å². The van der Waals surface area contributed by atoms with Crippen LogP contribution in [0.4, 0.5) is 0 Å². The lowest BCUT2D eigenvalue weighted by molar-refractivity contribution is -0.142. The van der Waals surface area contributed by atoms with Gasteiger partial charge in [-0.1, -0.05) is 19.1 Å². The second-order valence-electron chi connectivity index (χ2n) is 5.75. The van der Waals surface area contributed by atoms with Crippen LogP contribution in [0.15, 0.2) is 28.1 Å². The second-order valence-corrected chi connectivity index (χ2v) is 8.30. The number of thiophene rings is 1. The Morgan fingerprint density at radius 3 is 2.36 bits per heavy atom. The zero-order chi connectivity index (χ0) is 15.7. The van der Waals surface area contributed by atoms with E-state index in [0.717, 1.165) is 16.9 Å². The van der Waals surface area contributed by atoms with E-state index in [0.29, 0.717) is 19.5 Å². The van der Waals surface area contributed by atoms with Gasteiger partial charge >= 0.3 is 0 Å². The van der Waals surface area contributed by atoms with Crippen LogP contribution in [-0.2, 0) is 16.1 Å². The van der Waals surface area contributed by atoms with Gasteiger partial charge in [0.1, 0.15) is 0 Å². The van der Waals surface area contributed by atoms with Crippen LogP contribution in [0.25, 0.3) is 0 Å². The lowest BCUT2D eigenvalue weighted by atomic mass is 9.85. The highest BCUT2D eigenvalue weighted by Gasteiger charge is 2.47. The number of carbonyl (C=O) groups is 2. The number of allylic oxidation sites excluding steroid dienone is 2. The molecule has 1 aliphatic carbocycles. The maximum Gasteiger partial charge on any atom is 0.234 e. The predicted octanol–water partition coefficient (Wildman–Crippen LogP) is 3.24. The highest BCUT2D eigenvalue weighted by molar-refractivity contribution is 9.11. The van der Waals surface area contributed by atoms with E-state index in [2.05, 4.69) is 33.8 Å². The topological polar surface area (TPSA) is 40.6 Å². The van der Waals surface area contributed by atoms with E-state index in [1.54, 1.807) is 11.3 Å². The van der Waals surface area contributed by atoms with Gasteiger partial charge in [0.05, 0.1) is 22.3 Å². The first-order chi connectivity index (χ1) is 10.6. The van der Waals surface area contributed by atoms with Crippen molar-refractivity contribution in [2.45, 2.75) is 26.3 Å². The minimum absolute atomic E-state index is 0.00478. The van der Waals surface area contributed by atoms with Gasteiger partial charge in [-0.2, -0.15) is 0 Å². The molecule has 0 radical (unpaired) electrons. The summed E-state index contributed by atoms with van der Waals surface area (Å²) < 4.78 is 1.10. The summed E-state index contributed by atoms with van der Waals surface area (Å²) in [4.78, 5) is 29.8. The summed E-state index contributed by atoms with van der Waals surface area (Å²) in [6.45, 7) is 4.02. The number of hydrogen-bond acceptors (Lipinski definition) is 4. The Labute approximate surface area is 142 Å². The van der Waals surface area contributed by atoms with Crippen LogP contribution >= 0.6 is 27.3 Å². The lowest BCUT2D eigenvalue weighted by Gasteiger charge is -2.25. The van der Waals surface area contributed by atoms with Gasteiger partial charge in [0.15, 0.2) is 0 Å². The number of hydrogen-bond donors (Lipinski definition) is 0. The zero-order valence-corrected chi connectivity index (χ0v) is 14.9. The average molecular weight is 383 g/mol. The number of amides is 2. The fourth-order valence-electron chi connectivity index (χ4n) is 3.13.